The largest absolute Gasteiger partial charge is 0.506 e. The minimum absolute atomic E-state index is 0.107. The number of nitrogens with zero attached hydrogens (tertiary/aromatic N) is 1. The maximum absolute atomic E-state index is 13.5. The number of halogens is 3. The summed E-state index contributed by atoms with van der Waals surface area (Å²) in [6, 6.07) is 4.17. The first kappa shape index (κ1) is 28.2. The van der Waals surface area contributed by atoms with Crippen LogP contribution in [0.3, 0.4) is 0 Å². The molecule has 36 heavy (non-hydrogen) atoms. The zero-order valence-electron chi connectivity index (χ0n) is 19.3. The van der Waals surface area contributed by atoms with E-state index in [9.17, 15) is 42.6 Å². The van der Waals surface area contributed by atoms with E-state index in [1.165, 1.54) is 6.07 Å². The lowest BCUT2D eigenvalue weighted by Crippen LogP contribution is -2.37. The molecule has 0 radical (unpaired) electrons. The summed E-state index contributed by atoms with van der Waals surface area (Å²) in [6.45, 7) is 0.239. The van der Waals surface area contributed by atoms with Crippen molar-refractivity contribution < 1.29 is 42.9 Å². The van der Waals surface area contributed by atoms with Gasteiger partial charge in [0, 0.05) is 6.54 Å². The molecule has 13 heteroatoms. The van der Waals surface area contributed by atoms with Crippen LogP contribution in [0.5, 0.6) is 11.6 Å². The molecular weight excluding hydrogens is 487 g/mol. The Morgan fingerprint density at radius 2 is 1.61 bits per heavy atom. The summed E-state index contributed by atoms with van der Waals surface area (Å²) in [6.07, 6.45) is -1.70. The van der Waals surface area contributed by atoms with E-state index in [0.29, 0.717) is 11.0 Å². The van der Waals surface area contributed by atoms with Gasteiger partial charge < -0.3 is 26.0 Å². The highest BCUT2D eigenvalue weighted by Gasteiger charge is 2.34. The normalized spacial score (nSPS) is 11.2. The number of aromatic nitrogens is 1. The van der Waals surface area contributed by atoms with E-state index in [4.69, 9.17) is 5.11 Å². The Bertz CT molecular complexity index is 1190. The van der Waals surface area contributed by atoms with Gasteiger partial charge in [0.2, 0.25) is 5.88 Å². The fourth-order valence-electron chi connectivity index (χ4n) is 3.45. The van der Waals surface area contributed by atoms with Crippen LogP contribution in [0.4, 0.5) is 13.2 Å². The van der Waals surface area contributed by atoms with E-state index in [0.717, 1.165) is 37.5 Å². The van der Waals surface area contributed by atoms with Crippen molar-refractivity contribution >= 4 is 17.8 Å². The number of aromatic hydroxyl groups is 2. The highest BCUT2D eigenvalue weighted by Crippen LogP contribution is 2.34. The van der Waals surface area contributed by atoms with Gasteiger partial charge in [0.1, 0.15) is 17.7 Å². The summed E-state index contributed by atoms with van der Waals surface area (Å²) in [5.41, 5.74) is -4.94. The Kier molecular flexibility index (Phi) is 9.47. The third-order valence-corrected chi connectivity index (χ3v) is 5.23. The summed E-state index contributed by atoms with van der Waals surface area (Å²) < 4.78 is 40.7. The molecule has 1 aromatic heterocycles. The second-order valence-electron chi connectivity index (χ2n) is 7.86. The number of carboxylic acids is 1. The summed E-state index contributed by atoms with van der Waals surface area (Å²) in [4.78, 5) is 49.1. The van der Waals surface area contributed by atoms with Crippen LogP contribution in [0, 0.1) is 0 Å². The van der Waals surface area contributed by atoms with Crippen molar-refractivity contribution in [1.29, 1.82) is 0 Å². The van der Waals surface area contributed by atoms with Gasteiger partial charge in [-0.3, -0.25) is 23.7 Å². The van der Waals surface area contributed by atoms with Gasteiger partial charge in [-0.25, -0.2) is 0 Å². The minimum Gasteiger partial charge on any atom is -0.506 e. The molecule has 5 N–H and O–H groups in total. The van der Waals surface area contributed by atoms with Crippen molar-refractivity contribution in [1.82, 2.24) is 15.2 Å². The average molecular weight is 513 g/mol. The maximum Gasteiger partial charge on any atom is 0.416 e. The van der Waals surface area contributed by atoms with E-state index in [-0.39, 0.29) is 6.54 Å². The lowest BCUT2D eigenvalue weighted by Gasteiger charge is -2.18. The number of hydrogen-bond donors (Lipinski definition) is 5. The van der Waals surface area contributed by atoms with Crippen molar-refractivity contribution in [2.45, 2.75) is 45.3 Å². The van der Waals surface area contributed by atoms with Gasteiger partial charge in [0.25, 0.3) is 17.4 Å². The molecule has 0 aliphatic rings. The van der Waals surface area contributed by atoms with Crippen molar-refractivity contribution in [2.24, 2.45) is 0 Å². The van der Waals surface area contributed by atoms with Crippen LogP contribution in [-0.4, -0.2) is 50.8 Å². The number of alkyl halides is 3. The van der Waals surface area contributed by atoms with Crippen molar-refractivity contribution in [3.63, 3.8) is 0 Å². The van der Waals surface area contributed by atoms with E-state index in [1.54, 1.807) is 0 Å². The van der Waals surface area contributed by atoms with Gasteiger partial charge >= 0.3 is 12.1 Å². The SMILES string of the molecule is CCCCCCNC(=O)c1c(O)c(C(=O)NCC(=O)O)c(O)n(Cc2ccccc2C(F)(F)F)c1=O. The Hall–Kier alpha value is -4.03. The molecule has 0 unspecified atom stereocenters. The maximum atomic E-state index is 13.5. The van der Waals surface area contributed by atoms with E-state index >= 15 is 0 Å². The Morgan fingerprint density at radius 3 is 2.22 bits per heavy atom. The fraction of sp³-hybridized carbons (Fsp3) is 0.391. The van der Waals surface area contributed by atoms with Gasteiger partial charge in [-0.1, -0.05) is 44.4 Å². The molecule has 0 saturated carbocycles. The van der Waals surface area contributed by atoms with Gasteiger partial charge in [0.15, 0.2) is 5.75 Å². The number of amides is 2. The monoisotopic (exact) mass is 513 g/mol. The van der Waals surface area contributed by atoms with Crippen molar-refractivity contribution in [2.75, 3.05) is 13.1 Å². The second-order valence-corrected chi connectivity index (χ2v) is 7.86. The first-order chi connectivity index (χ1) is 16.9. The summed E-state index contributed by atoms with van der Waals surface area (Å²) >= 11 is 0. The molecule has 10 nitrogen and oxygen atoms in total. The Labute approximate surface area is 203 Å². The molecule has 0 atom stereocenters. The molecule has 2 amide bonds. The Morgan fingerprint density at radius 1 is 0.972 bits per heavy atom. The number of nitrogens with one attached hydrogen (secondary N) is 2. The van der Waals surface area contributed by atoms with Crippen LogP contribution in [0.2, 0.25) is 0 Å². The second kappa shape index (κ2) is 12.1. The number of pyridine rings is 1. The molecule has 0 saturated heterocycles. The zero-order chi connectivity index (χ0) is 27.0. The molecule has 1 heterocycles. The van der Waals surface area contributed by atoms with Gasteiger partial charge in [0.05, 0.1) is 12.1 Å². The van der Waals surface area contributed by atoms with Crippen LogP contribution in [0.15, 0.2) is 29.1 Å². The van der Waals surface area contributed by atoms with Gasteiger partial charge in [-0.2, -0.15) is 13.2 Å². The topological polar surface area (TPSA) is 158 Å². The predicted octanol–water partition coefficient (Wildman–Crippen LogP) is 2.45. The molecule has 0 spiro atoms. The number of hydrogen-bond acceptors (Lipinski definition) is 6. The smallest absolute Gasteiger partial charge is 0.416 e. The molecule has 0 aliphatic heterocycles. The minimum atomic E-state index is -4.81. The molecule has 2 rings (SSSR count). The first-order valence-corrected chi connectivity index (χ1v) is 11.0. The number of unbranched alkanes of at least 4 members (excludes halogenated alkanes) is 3. The van der Waals surface area contributed by atoms with Gasteiger partial charge in [-0.05, 0) is 18.1 Å². The third kappa shape index (κ3) is 6.77. The van der Waals surface area contributed by atoms with Crippen LogP contribution in [-0.2, 0) is 17.5 Å². The number of benzene rings is 1. The van der Waals surface area contributed by atoms with E-state index in [1.807, 2.05) is 12.2 Å². The molecule has 2 aromatic rings. The van der Waals surface area contributed by atoms with Crippen LogP contribution < -0.4 is 16.2 Å². The van der Waals surface area contributed by atoms with Gasteiger partial charge in [-0.15, -0.1) is 0 Å². The third-order valence-electron chi connectivity index (χ3n) is 5.23. The van der Waals surface area contributed by atoms with E-state index < -0.39 is 76.5 Å². The van der Waals surface area contributed by atoms with E-state index in [2.05, 4.69) is 5.32 Å². The van der Waals surface area contributed by atoms with Crippen LogP contribution in [0.25, 0.3) is 0 Å². The highest BCUT2D eigenvalue weighted by molar-refractivity contribution is 6.05. The first-order valence-electron chi connectivity index (χ1n) is 11.0. The lowest BCUT2D eigenvalue weighted by atomic mass is 10.1. The molecule has 1 aromatic carbocycles. The summed E-state index contributed by atoms with van der Waals surface area (Å²) in [7, 11) is 0. The number of aliphatic carboxylic acids is 1. The average Bonchev–Trinajstić information content (AvgIpc) is 2.80. The molecule has 0 aliphatic carbocycles. The van der Waals surface area contributed by atoms with Crippen molar-refractivity contribution in [3.05, 3.63) is 56.9 Å². The standard InChI is InChI=1S/C23H26F3N3O7/c1-2-3-4-7-10-27-19(33)16-18(32)17(20(34)28-11-15(30)31)22(36)29(21(16)35)12-13-8-5-6-9-14(13)23(24,25)26/h5-6,8-9,32,36H,2-4,7,10-12H2,1H3,(H,27,33)(H,28,34)(H,30,31). The number of carboxylic acid groups (broad SMARTS) is 1. The molecule has 0 bridgehead atoms. The highest BCUT2D eigenvalue weighted by atomic mass is 19.4. The molecule has 0 fully saturated rings. The summed E-state index contributed by atoms with van der Waals surface area (Å²) in [5, 5.41) is 34.2. The number of carbonyl (C=O) groups is 3. The lowest BCUT2D eigenvalue weighted by molar-refractivity contribution is -0.138. The summed E-state index contributed by atoms with van der Waals surface area (Å²) in [5.74, 6) is -6.41. The Balaban J connectivity index is 2.61. The number of rotatable bonds is 11. The fourth-order valence-corrected chi connectivity index (χ4v) is 3.45. The van der Waals surface area contributed by atoms with Crippen molar-refractivity contribution in [3.8, 4) is 11.6 Å². The van der Waals surface area contributed by atoms with Crippen LogP contribution >= 0.6 is 0 Å². The molecular formula is C23H26F3N3O7. The zero-order valence-corrected chi connectivity index (χ0v) is 19.3. The molecule has 196 valence electrons. The quantitative estimate of drug-likeness (QED) is 0.289. The predicted molar refractivity (Wildman–Crippen MR) is 121 cm³/mol. The van der Waals surface area contributed by atoms with Crippen LogP contribution in [0.1, 0.15) is 64.4 Å². The number of carbonyl (C=O) groups excluding carboxylic acids is 2.